The maximum Gasteiger partial charge on any atom is 0.118 e. The van der Waals surface area contributed by atoms with Crippen LogP contribution >= 0.6 is 0 Å². The summed E-state index contributed by atoms with van der Waals surface area (Å²) < 4.78 is 0. The Hall–Kier alpha value is -1.28. The van der Waals surface area contributed by atoms with Crippen LogP contribution in [0.4, 0.5) is 0 Å². The Kier molecular flexibility index (Phi) is 4.37. The molecule has 0 bridgehead atoms. The zero-order valence-corrected chi connectivity index (χ0v) is 9.33. The van der Waals surface area contributed by atoms with Crippen LogP contribution in [-0.4, -0.2) is 16.8 Å². The largest absolute Gasteiger partial charge is 0.508 e. The van der Waals surface area contributed by atoms with Crippen LogP contribution in [0, 0.1) is 0 Å². The fourth-order valence-corrected chi connectivity index (χ4v) is 1.68. The van der Waals surface area contributed by atoms with Gasteiger partial charge in [-0.05, 0) is 48.6 Å². The Morgan fingerprint density at radius 3 is 2.67 bits per heavy atom. The van der Waals surface area contributed by atoms with Crippen LogP contribution in [0.1, 0.15) is 31.4 Å². The number of hydrogen-bond donors (Lipinski definition) is 2. The van der Waals surface area contributed by atoms with E-state index in [9.17, 15) is 5.11 Å². The lowest BCUT2D eigenvalue weighted by Crippen LogP contribution is -1.93. The number of rotatable bonds is 4. The molecule has 15 heavy (non-hydrogen) atoms. The van der Waals surface area contributed by atoms with Gasteiger partial charge in [-0.2, -0.15) is 0 Å². The number of aliphatic hydroxyl groups is 1. The minimum atomic E-state index is 0.0638. The van der Waals surface area contributed by atoms with E-state index < -0.39 is 0 Å². The molecule has 2 N–H and O–H groups in total. The van der Waals surface area contributed by atoms with Crippen molar-refractivity contribution in [1.29, 1.82) is 0 Å². The number of benzene rings is 1. The SMILES string of the molecule is CC=C(CC)c1ccc(O)c(CCO)c1. The molecule has 0 fully saturated rings. The lowest BCUT2D eigenvalue weighted by Gasteiger charge is -2.08. The second kappa shape index (κ2) is 5.56. The number of aromatic hydroxyl groups is 1. The Labute approximate surface area is 90.9 Å². The first-order valence-corrected chi connectivity index (χ1v) is 5.31. The molecule has 0 aromatic heterocycles. The maximum absolute atomic E-state index is 9.56. The van der Waals surface area contributed by atoms with Crippen molar-refractivity contribution in [2.75, 3.05) is 6.61 Å². The van der Waals surface area contributed by atoms with Crippen molar-refractivity contribution in [3.05, 3.63) is 35.4 Å². The number of hydrogen-bond acceptors (Lipinski definition) is 2. The second-order valence-corrected chi connectivity index (χ2v) is 3.48. The van der Waals surface area contributed by atoms with Gasteiger partial charge in [0.25, 0.3) is 0 Å². The van der Waals surface area contributed by atoms with E-state index in [0.717, 1.165) is 17.5 Å². The molecule has 1 aromatic carbocycles. The predicted octanol–water partition coefficient (Wildman–Crippen LogP) is 2.74. The van der Waals surface area contributed by atoms with Gasteiger partial charge in [0, 0.05) is 6.61 Å². The van der Waals surface area contributed by atoms with Gasteiger partial charge in [0.1, 0.15) is 5.75 Å². The Morgan fingerprint density at radius 2 is 2.13 bits per heavy atom. The average Bonchev–Trinajstić information content (AvgIpc) is 2.25. The normalized spacial score (nSPS) is 11.8. The first kappa shape index (κ1) is 11.8. The minimum absolute atomic E-state index is 0.0638. The van der Waals surface area contributed by atoms with Crippen LogP contribution in [0.2, 0.25) is 0 Å². The topological polar surface area (TPSA) is 40.5 Å². The van der Waals surface area contributed by atoms with E-state index in [1.165, 1.54) is 5.57 Å². The van der Waals surface area contributed by atoms with Gasteiger partial charge >= 0.3 is 0 Å². The van der Waals surface area contributed by atoms with Crippen molar-refractivity contribution >= 4 is 5.57 Å². The summed E-state index contributed by atoms with van der Waals surface area (Å²) in [6, 6.07) is 5.55. The molecular weight excluding hydrogens is 188 g/mol. The molecule has 1 aromatic rings. The molecule has 2 heteroatoms. The summed E-state index contributed by atoms with van der Waals surface area (Å²) in [4.78, 5) is 0. The molecule has 82 valence electrons. The van der Waals surface area contributed by atoms with Gasteiger partial charge < -0.3 is 10.2 Å². The molecule has 0 atom stereocenters. The quantitative estimate of drug-likeness (QED) is 0.795. The molecule has 0 saturated heterocycles. The highest BCUT2D eigenvalue weighted by Crippen LogP contribution is 2.24. The van der Waals surface area contributed by atoms with E-state index in [2.05, 4.69) is 13.0 Å². The third kappa shape index (κ3) is 2.83. The van der Waals surface area contributed by atoms with Crippen molar-refractivity contribution < 1.29 is 10.2 Å². The third-order valence-electron chi connectivity index (χ3n) is 2.56. The Balaban J connectivity index is 3.06. The summed E-state index contributed by atoms with van der Waals surface area (Å²) in [5, 5.41) is 18.4. The van der Waals surface area contributed by atoms with E-state index in [1.54, 1.807) is 6.07 Å². The molecule has 0 heterocycles. The van der Waals surface area contributed by atoms with Gasteiger partial charge in [-0.1, -0.05) is 19.1 Å². The minimum Gasteiger partial charge on any atom is -0.508 e. The molecule has 2 nitrogen and oxygen atoms in total. The van der Waals surface area contributed by atoms with Gasteiger partial charge in [-0.3, -0.25) is 0 Å². The van der Waals surface area contributed by atoms with Crippen LogP contribution in [0.5, 0.6) is 5.75 Å². The van der Waals surface area contributed by atoms with E-state index in [0.29, 0.717) is 6.42 Å². The monoisotopic (exact) mass is 206 g/mol. The molecule has 0 aliphatic rings. The van der Waals surface area contributed by atoms with Crippen LogP contribution in [0.3, 0.4) is 0 Å². The van der Waals surface area contributed by atoms with E-state index in [1.807, 2.05) is 19.1 Å². The Bertz CT molecular complexity index is 354. The van der Waals surface area contributed by atoms with Gasteiger partial charge in [0.15, 0.2) is 0 Å². The van der Waals surface area contributed by atoms with Crippen molar-refractivity contribution in [2.24, 2.45) is 0 Å². The molecule has 0 radical (unpaired) electrons. The molecule has 0 saturated carbocycles. The summed E-state index contributed by atoms with van der Waals surface area (Å²) in [6.45, 7) is 4.18. The van der Waals surface area contributed by atoms with Crippen molar-refractivity contribution in [2.45, 2.75) is 26.7 Å². The molecular formula is C13H18O2. The van der Waals surface area contributed by atoms with Gasteiger partial charge in [-0.15, -0.1) is 0 Å². The molecule has 0 unspecified atom stereocenters. The van der Waals surface area contributed by atoms with Crippen LogP contribution < -0.4 is 0 Å². The molecule has 0 spiro atoms. The first-order chi connectivity index (χ1) is 7.22. The summed E-state index contributed by atoms with van der Waals surface area (Å²) in [6.07, 6.45) is 3.55. The fourth-order valence-electron chi connectivity index (χ4n) is 1.68. The molecule has 0 aliphatic carbocycles. The lowest BCUT2D eigenvalue weighted by atomic mass is 9.99. The highest BCUT2D eigenvalue weighted by atomic mass is 16.3. The third-order valence-corrected chi connectivity index (χ3v) is 2.56. The number of allylic oxidation sites excluding steroid dienone is 2. The van der Waals surface area contributed by atoms with Gasteiger partial charge in [0.05, 0.1) is 0 Å². The molecule has 0 aliphatic heterocycles. The fraction of sp³-hybridized carbons (Fsp3) is 0.385. The van der Waals surface area contributed by atoms with Crippen LogP contribution in [0.25, 0.3) is 5.57 Å². The van der Waals surface area contributed by atoms with Crippen LogP contribution in [0.15, 0.2) is 24.3 Å². The van der Waals surface area contributed by atoms with Crippen LogP contribution in [-0.2, 0) is 6.42 Å². The van der Waals surface area contributed by atoms with Gasteiger partial charge in [0.2, 0.25) is 0 Å². The first-order valence-electron chi connectivity index (χ1n) is 5.31. The number of phenolic OH excluding ortho intramolecular Hbond substituents is 1. The highest BCUT2D eigenvalue weighted by molar-refractivity contribution is 5.66. The average molecular weight is 206 g/mol. The summed E-state index contributed by atoms with van der Waals surface area (Å²) in [5.74, 6) is 0.263. The van der Waals surface area contributed by atoms with Crippen molar-refractivity contribution in [3.63, 3.8) is 0 Å². The zero-order valence-electron chi connectivity index (χ0n) is 9.33. The van der Waals surface area contributed by atoms with Crippen molar-refractivity contribution in [1.82, 2.24) is 0 Å². The number of aliphatic hydroxyl groups excluding tert-OH is 1. The second-order valence-electron chi connectivity index (χ2n) is 3.48. The Morgan fingerprint density at radius 1 is 1.40 bits per heavy atom. The maximum atomic E-state index is 9.56. The summed E-state index contributed by atoms with van der Waals surface area (Å²) in [5.41, 5.74) is 3.19. The van der Waals surface area contributed by atoms with Gasteiger partial charge in [-0.25, -0.2) is 0 Å². The van der Waals surface area contributed by atoms with E-state index >= 15 is 0 Å². The zero-order chi connectivity index (χ0) is 11.3. The molecule has 1 rings (SSSR count). The van der Waals surface area contributed by atoms with Crippen molar-refractivity contribution in [3.8, 4) is 5.75 Å². The lowest BCUT2D eigenvalue weighted by molar-refractivity contribution is 0.297. The predicted molar refractivity (Wildman–Crippen MR) is 62.8 cm³/mol. The van der Waals surface area contributed by atoms with E-state index in [4.69, 9.17) is 5.11 Å². The summed E-state index contributed by atoms with van der Waals surface area (Å²) >= 11 is 0. The smallest absolute Gasteiger partial charge is 0.118 e. The standard InChI is InChI=1S/C13H18O2/c1-3-10(4-2)11-5-6-13(15)12(9-11)7-8-14/h3,5-6,9,14-15H,4,7-8H2,1-2H3. The number of phenols is 1. The molecule has 0 amide bonds. The highest BCUT2D eigenvalue weighted by Gasteiger charge is 2.04. The summed E-state index contributed by atoms with van der Waals surface area (Å²) in [7, 11) is 0. The van der Waals surface area contributed by atoms with E-state index in [-0.39, 0.29) is 12.4 Å².